The van der Waals surface area contributed by atoms with Gasteiger partial charge in [-0.2, -0.15) is 0 Å². The van der Waals surface area contributed by atoms with Crippen LogP contribution in [0.3, 0.4) is 0 Å². The Morgan fingerprint density at radius 3 is 2.16 bits per heavy atom. The molecule has 0 aliphatic carbocycles. The van der Waals surface area contributed by atoms with Crippen LogP contribution >= 0.6 is 0 Å². The quantitative estimate of drug-likeness (QED) is 0.374. The zero-order chi connectivity index (χ0) is 22.3. The SMILES string of the molecule is CC(NC(=O)c1ccc(NCC(=O)Nc2ccc3ccccc3c2)cc1)c1ccccc1. The second-order valence-electron chi connectivity index (χ2n) is 7.65. The van der Waals surface area contributed by atoms with Crippen molar-refractivity contribution in [2.45, 2.75) is 13.0 Å². The van der Waals surface area contributed by atoms with Gasteiger partial charge in [0.2, 0.25) is 5.91 Å². The Labute approximate surface area is 187 Å². The molecule has 3 N–H and O–H groups in total. The summed E-state index contributed by atoms with van der Waals surface area (Å²) in [5.74, 6) is -0.277. The van der Waals surface area contributed by atoms with Crippen molar-refractivity contribution >= 4 is 34.0 Å². The molecule has 4 aromatic rings. The topological polar surface area (TPSA) is 70.2 Å². The average Bonchev–Trinajstić information content (AvgIpc) is 2.83. The fourth-order valence-corrected chi connectivity index (χ4v) is 3.50. The lowest BCUT2D eigenvalue weighted by molar-refractivity contribution is -0.114. The summed E-state index contributed by atoms with van der Waals surface area (Å²) >= 11 is 0. The summed E-state index contributed by atoms with van der Waals surface area (Å²) < 4.78 is 0. The van der Waals surface area contributed by atoms with Crippen molar-refractivity contribution < 1.29 is 9.59 Å². The van der Waals surface area contributed by atoms with E-state index < -0.39 is 0 Å². The van der Waals surface area contributed by atoms with E-state index in [0.717, 1.165) is 27.7 Å². The van der Waals surface area contributed by atoms with E-state index in [0.29, 0.717) is 5.56 Å². The summed E-state index contributed by atoms with van der Waals surface area (Å²) in [5, 5.41) is 11.2. The first-order valence-electron chi connectivity index (χ1n) is 10.6. The Balaban J connectivity index is 1.29. The molecule has 1 atom stereocenters. The first kappa shape index (κ1) is 21.1. The van der Waals surface area contributed by atoms with Crippen LogP contribution in [0.15, 0.2) is 97.1 Å². The number of benzene rings is 4. The van der Waals surface area contributed by atoms with Crippen molar-refractivity contribution in [2.24, 2.45) is 0 Å². The van der Waals surface area contributed by atoms with Gasteiger partial charge in [0.15, 0.2) is 0 Å². The number of rotatable bonds is 7. The fourth-order valence-electron chi connectivity index (χ4n) is 3.50. The molecule has 0 heterocycles. The molecule has 0 radical (unpaired) electrons. The number of carbonyl (C=O) groups excluding carboxylic acids is 2. The minimum atomic E-state index is -0.140. The Hall–Kier alpha value is -4.12. The third-order valence-corrected chi connectivity index (χ3v) is 5.28. The van der Waals surface area contributed by atoms with E-state index in [4.69, 9.17) is 0 Å². The van der Waals surface area contributed by atoms with Crippen molar-refractivity contribution in [2.75, 3.05) is 17.2 Å². The van der Waals surface area contributed by atoms with Gasteiger partial charge in [-0.25, -0.2) is 0 Å². The van der Waals surface area contributed by atoms with Crippen LogP contribution in [0, 0.1) is 0 Å². The molecular formula is C27H25N3O2. The molecule has 0 aliphatic rings. The van der Waals surface area contributed by atoms with Crippen LogP contribution in [0.4, 0.5) is 11.4 Å². The van der Waals surface area contributed by atoms with Crippen molar-refractivity contribution in [3.05, 3.63) is 108 Å². The predicted molar refractivity (Wildman–Crippen MR) is 130 cm³/mol. The van der Waals surface area contributed by atoms with Gasteiger partial charge in [-0.15, -0.1) is 0 Å². The molecular weight excluding hydrogens is 398 g/mol. The molecule has 4 aromatic carbocycles. The zero-order valence-electron chi connectivity index (χ0n) is 17.8. The molecule has 32 heavy (non-hydrogen) atoms. The smallest absolute Gasteiger partial charge is 0.251 e. The predicted octanol–water partition coefficient (Wildman–Crippen LogP) is 5.38. The molecule has 0 bridgehead atoms. The van der Waals surface area contributed by atoms with Crippen molar-refractivity contribution in [1.29, 1.82) is 0 Å². The van der Waals surface area contributed by atoms with Crippen LogP contribution in [-0.2, 0) is 4.79 Å². The number of hydrogen-bond acceptors (Lipinski definition) is 3. The Morgan fingerprint density at radius 2 is 1.41 bits per heavy atom. The molecule has 5 nitrogen and oxygen atoms in total. The maximum atomic E-state index is 12.5. The molecule has 4 rings (SSSR count). The molecule has 0 saturated heterocycles. The standard InChI is InChI=1S/C27H25N3O2/c1-19(20-7-3-2-4-8-20)29-27(32)22-12-14-24(15-13-22)28-18-26(31)30-25-16-11-21-9-5-6-10-23(21)17-25/h2-17,19,28H,18H2,1H3,(H,29,32)(H,30,31). The van der Waals surface area contributed by atoms with Gasteiger partial charge >= 0.3 is 0 Å². The highest BCUT2D eigenvalue weighted by Crippen LogP contribution is 2.19. The van der Waals surface area contributed by atoms with Gasteiger partial charge in [-0.05, 0) is 59.7 Å². The number of anilines is 2. The molecule has 0 fully saturated rings. The highest BCUT2D eigenvalue weighted by atomic mass is 16.2. The largest absolute Gasteiger partial charge is 0.376 e. The number of carbonyl (C=O) groups is 2. The Bertz CT molecular complexity index is 1220. The van der Waals surface area contributed by atoms with Gasteiger partial charge in [-0.1, -0.05) is 60.7 Å². The highest BCUT2D eigenvalue weighted by Gasteiger charge is 2.11. The summed E-state index contributed by atoms with van der Waals surface area (Å²) in [6.45, 7) is 2.08. The first-order valence-corrected chi connectivity index (χ1v) is 10.6. The lowest BCUT2D eigenvalue weighted by atomic mass is 10.1. The van der Waals surface area contributed by atoms with Crippen molar-refractivity contribution in [3.8, 4) is 0 Å². The second kappa shape index (κ2) is 9.79. The third kappa shape index (κ3) is 5.32. The number of amides is 2. The molecule has 2 amide bonds. The minimum Gasteiger partial charge on any atom is -0.376 e. The highest BCUT2D eigenvalue weighted by molar-refractivity contribution is 5.97. The van der Waals surface area contributed by atoms with Crippen LogP contribution < -0.4 is 16.0 Å². The Kier molecular flexibility index (Phi) is 6.46. The van der Waals surface area contributed by atoms with Gasteiger partial charge in [0, 0.05) is 16.9 Å². The van der Waals surface area contributed by atoms with E-state index in [2.05, 4.69) is 16.0 Å². The summed E-state index contributed by atoms with van der Waals surface area (Å²) in [4.78, 5) is 24.8. The van der Waals surface area contributed by atoms with E-state index in [9.17, 15) is 9.59 Å². The molecule has 0 saturated carbocycles. The average molecular weight is 424 g/mol. The molecule has 5 heteroatoms. The van der Waals surface area contributed by atoms with E-state index >= 15 is 0 Å². The molecule has 160 valence electrons. The lowest BCUT2D eigenvalue weighted by Gasteiger charge is -2.14. The Morgan fingerprint density at radius 1 is 0.750 bits per heavy atom. The van der Waals surface area contributed by atoms with Crippen LogP contribution in [0.1, 0.15) is 28.9 Å². The molecule has 0 aliphatic heterocycles. The summed E-state index contributed by atoms with van der Waals surface area (Å²) in [6, 6.07) is 30.7. The monoisotopic (exact) mass is 423 g/mol. The maximum absolute atomic E-state index is 12.5. The minimum absolute atomic E-state index is 0.0831. The van der Waals surface area contributed by atoms with Gasteiger partial charge in [0.25, 0.3) is 5.91 Å². The second-order valence-corrected chi connectivity index (χ2v) is 7.65. The fraction of sp³-hybridized carbons (Fsp3) is 0.111. The van der Waals surface area contributed by atoms with Crippen LogP contribution in [0.2, 0.25) is 0 Å². The van der Waals surface area contributed by atoms with Gasteiger partial charge in [-0.3, -0.25) is 9.59 Å². The van der Waals surface area contributed by atoms with Crippen LogP contribution in [0.25, 0.3) is 10.8 Å². The zero-order valence-corrected chi connectivity index (χ0v) is 17.8. The number of hydrogen-bond donors (Lipinski definition) is 3. The molecule has 0 aromatic heterocycles. The molecule has 1 unspecified atom stereocenters. The number of nitrogens with one attached hydrogen (secondary N) is 3. The first-order chi connectivity index (χ1) is 15.6. The van der Waals surface area contributed by atoms with Gasteiger partial charge in [0.1, 0.15) is 0 Å². The van der Waals surface area contributed by atoms with Crippen molar-refractivity contribution in [3.63, 3.8) is 0 Å². The van der Waals surface area contributed by atoms with Crippen LogP contribution in [0.5, 0.6) is 0 Å². The van der Waals surface area contributed by atoms with Gasteiger partial charge < -0.3 is 16.0 Å². The van der Waals surface area contributed by atoms with E-state index in [-0.39, 0.29) is 24.4 Å². The summed E-state index contributed by atoms with van der Waals surface area (Å²) in [5.41, 5.74) is 3.15. The van der Waals surface area contributed by atoms with Gasteiger partial charge in [0.05, 0.1) is 12.6 Å². The normalized spacial score (nSPS) is 11.5. The summed E-state index contributed by atoms with van der Waals surface area (Å²) in [6.07, 6.45) is 0. The van der Waals surface area contributed by atoms with E-state index in [1.165, 1.54) is 0 Å². The summed E-state index contributed by atoms with van der Waals surface area (Å²) in [7, 11) is 0. The maximum Gasteiger partial charge on any atom is 0.251 e. The van der Waals surface area contributed by atoms with Crippen molar-refractivity contribution in [1.82, 2.24) is 5.32 Å². The van der Waals surface area contributed by atoms with E-state index in [1.54, 1.807) is 24.3 Å². The van der Waals surface area contributed by atoms with E-state index in [1.807, 2.05) is 79.7 Å². The molecule has 0 spiro atoms. The van der Waals surface area contributed by atoms with Crippen LogP contribution in [-0.4, -0.2) is 18.4 Å². The third-order valence-electron chi connectivity index (χ3n) is 5.28. The lowest BCUT2D eigenvalue weighted by Crippen LogP contribution is -2.26. The number of fused-ring (bicyclic) bond motifs is 1.